The molecule has 7 heteroatoms. The normalized spacial score (nSPS) is 10.2. The van der Waals surface area contributed by atoms with Crippen molar-refractivity contribution in [3.05, 3.63) is 23.8 Å². The molecular formula is C6H5N5OS. The van der Waals surface area contributed by atoms with Crippen molar-refractivity contribution in [2.24, 2.45) is 7.05 Å². The molecule has 0 fully saturated rings. The highest BCUT2D eigenvalue weighted by Crippen LogP contribution is 2.03. The van der Waals surface area contributed by atoms with Crippen molar-refractivity contribution in [3.8, 4) is 0 Å². The summed E-state index contributed by atoms with van der Waals surface area (Å²) in [5, 5.41) is 7.32. The molecule has 0 aliphatic heterocycles. The third kappa shape index (κ3) is 1.45. The van der Waals surface area contributed by atoms with Gasteiger partial charge in [0.1, 0.15) is 5.69 Å². The average molecular weight is 195 g/mol. The SMILES string of the molecule is Cn1cc(C(=O)c2cnsn2)nn1. The van der Waals surface area contributed by atoms with Crippen LogP contribution in [0.5, 0.6) is 0 Å². The van der Waals surface area contributed by atoms with Crippen LogP contribution in [0.4, 0.5) is 0 Å². The highest BCUT2D eigenvalue weighted by atomic mass is 32.1. The molecule has 2 rings (SSSR count). The van der Waals surface area contributed by atoms with Crippen LogP contribution in [0.25, 0.3) is 0 Å². The van der Waals surface area contributed by atoms with Gasteiger partial charge in [-0.15, -0.1) is 5.10 Å². The molecule has 0 aliphatic rings. The molecule has 0 atom stereocenters. The molecule has 0 unspecified atom stereocenters. The Morgan fingerprint density at radius 3 is 2.92 bits per heavy atom. The van der Waals surface area contributed by atoms with Gasteiger partial charge in [-0.1, -0.05) is 5.21 Å². The van der Waals surface area contributed by atoms with Crippen molar-refractivity contribution in [1.29, 1.82) is 0 Å². The summed E-state index contributed by atoms with van der Waals surface area (Å²) < 4.78 is 9.00. The smallest absolute Gasteiger partial charge is 0.235 e. The maximum atomic E-state index is 11.5. The molecule has 13 heavy (non-hydrogen) atoms. The third-order valence-electron chi connectivity index (χ3n) is 1.43. The number of aryl methyl sites for hydroxylation is 1. The molecule has 0 aromatic carbocycles. The van der Waals surface area contributed by atoms with Crippen molar-refractivity contribution in [3.63, 3.8) is 0 Å². The van der Waals surface area contributed by atoms with E-state index in [1.807, 2.05) is 0 Å². The first-order valence-corrected chi connectivity index (χ1v) is 4.19. The summed E-state index contributed by atoms with van der Waals surface area (Å²) >= 11 is 0.994. The van der Waals surface area contributed by atoms with Crippen molar-refractivity contribution < 1.29 is 4.79 Å². The molecule has 2 heterocycles. The second-order valence-corrected chi connectivity index (χ2v) is 2.96. The Bertz CT molecular complexity index is 420. The van der Waals surface area contributed by atoms with Crippen LogP contribution in [-0.2, 0) is 7.05 Å². The summed E-state index contributed by atoms with van der Waals surface area (Å²) in [6, 6.07) is 0. The van der Waals surface area contributed by atoms with Gasteiger partial charge in [-0.25, -0.2) is 0 Å². The van der Waals surface area contributed by atoms with E-state index in [1.54, 1.807) is 13.2 Å². The number of aromatic nitrogens is 5. The highest BCUT2D eigenvalue weighted by molar-refractivity contribution is 6.99. The Morgan fingerprint density at radius 2 is 2.38 bits per heavy atom. The minimum absolute atomic E-state index is 0.248. The van der Waals surface area contributed by atoms with E-state index >= 15 is 0 Å². The van der Waals surface area contributed by atoms with Gasteiger partial charge < -0.3 is 0 Å². The maximum absolute atomic E-state index is 11.5. The van der Waals surface area contributed by atoms with Crippen LogP contribution >= 0.6 is 11.7 Å². The van der Waals surface area contributed by atoms with Gasteiger partial charge in [-0.05, 0) is 0 Å². The standard InChI is InChI=1S/C6H5N5OS/c1-11-3-5(8-10-11)6(12)4-2-7-13-9-4/h2-3H,1H3. The summed E-state index contributed by atoms with van der Waals surface area (Å²) in [4.78, 5) is 11.5. The van der Waals surface area contributed by atoms with Gasteiger partial charge in [-0.3, -0.25) is 9.48 Å². The number of ketones is 1. The number of carbonyl (C=O) groups is 1. The summed E-state index contributed by atoms with van der Waals surface area (Å²) in [5.74, 6) is -0.248. The van der Waals surface area contributed by atoms with Gasteiger partial charge in [0.25, 0.3) is 0 Å². The number of hydrogen-bond donors (Lipinski definition) is 0. The quantitative estimate of drug-likeness (QED) is 0.625. The van der Waals surface area contributed by atoms with Gasteiger partial charge in [-0.2, -0.15) is 8.75 Å². The van der Waals surface area contributed by atoms with Crippen LogP contribution in [-0.4, -0.2) is 29.5 Å². The average Bonchev–Trinajstić information content (AvgIpc) is 2.72. The van der Waals surface area contributed by atoms with E-state index in [1.165, 1.54) is 10.9 Å². The first-order chi connectivity index (χ1) is 6.27. The van der Waals surface area contributed by atoms with Gasteiger partial charge in [0.15, 0.2) is 5.69 Å². The topological polar surface area (TPSA) is 73.6 Å². The zero-order valence-corrected chi connectivity index (χ0v) is 7.52. The summed E-state index contributed by atoms with van der Waals surface area (Å²) in [5.41, 5.74) is 0.598. The zero-order valence-electron chi connectivity index (χ0n) is 6.71. The van der Waals surface area contributed by atoms with Crippen LogP contribution in [0.3, 0.4) is 0 Å². The van der Waals surface area contributed by atoms with Crippen molar-refractivity contribution >= 4 is 17.5 Å². The Hall–Kier alpha value is -1.63. The molecule has 0 saturated heterocycles. The van der Waals surface area contributed by atoms with Crippen LogP contribution in [0.1, 0.15) is 16.2 Å². The predicted octanol–water partition coefficient (Wildman–Crippen LogP) is -0.102. The van der Waals surface area contributed by atoms with E-state index in [4.69, 9.17) is 0 Å². The van der Waals surface area contributed by atoms with E-state index in [0.717, 1.165) is 11.7 Å². The third-order valence-corrected chi connectivity index (χ3v) is 1.91. The minimum atomic E-state index is -0.248. The molecule has 0 spiro atoms. The van der Waals surface area contributed by atoms with Gasteiger partial charge in [0.05, 0.1) is 24.1 Å². The first kappa shape index (κ1) is 7.99. The maximum Gasteiger partial charge on any atom is 0.235 e. The Balaban J connectivity index is 2.33. The molecule has 66 valence electrons. The molecule has 0 amide bonds. The summed E-state index contributed by atoms with van der Waals surface area (Å²) in [7, 11) is 1.70. The van der Waals surface area contributed by atoms with Crippen LogP contribution < -0.4 is 0 Å². The lowest BCUT2D eigenvalue weighted by molar-refractivity contribution is 0.103. The Morgan fingerprint density at radius 1 is 1.54 bits per heavy atom. The van der Waals surface area contributed by atoms with E-state index < -0.39 is 0 Å². The molecule has 0 bridgehead atoms. The molecule has 0 radical (unpaired) electrons. The second kappa shape index (κ2) is 3.02. The van der Waals surface area contributed by atoms with Gasteiger partial charge >= 0.3 is 0 Å². The predicted molar refractivity (Wildman–Crippen MR) is 44.3 cm³/mol. The van der Waals surface area contributed by atoms with E-state index in [0.29, 0.717) is 5.69 Å². The fourth-order valence-electron chi connectivity index (χ4n) is 0.847. The molecule has 2 aromatic rings. The van der Waals surface area contributed by atoms with E-state index in [9.17, 15) is 4.79 Å². The molecule has 0 saturated carbocycles. The molecule has 6 nitrogen and oxygen atoms in total. The van der Waals surface area contributed by atoms with Gasteiger partial charge in [0, 0.05) is 7.05 Å². The summed E-state index contributed by atoms with van der Waals surface area (Å²) in [6.07, 6.45) is 2.96. The fraction of sp³-hybridized carbons (Fsp3) is 0.167. The molecule has 0 aliphatic carbocycles. The summed E-state index contributed by atoms with van der Waals surface area (Å²) in [6.45, 7) is 0. The Labute approximate surface area is 77.5 Å². The lowest BCUT2D eigenvalue weighted by Gasteiger charge is -1.86. The van der Waals surface area contributed by atoms with Crippen molar-refractivity contribution in [2.75, 3.05) is 0 Å². The molecule has 2 aromatic heterocycles. The Kier molecular flexibility index (Phi) is 1.85. The number of nitrogens with zero attached hydrogens (tertiary/aromatic N) is 5. The zero-order chi connectivity index (χ0) is 9.26. The number of hydrogen-bond acceptors (Lipinski definition) is 6. The largest absolute Gasteiger partial charge is 0.285 e. The van der Waals surface area contributed by atoms with E-state index in [-0.39, 0.29) is 11.5 Å². The van der Waals surface area contributed by atoms with E-state index in [2.05, 4.69) is 19.1 Å². The molecule has 0 N–H and O–H groups in total. The number of carbonyl (C=O) groups excluding carboxylic acids is 1. The lowest BCUT2D eigenvalue weighted by atomic mass is 10.2. The minimum Gasteiger partial charge on any atom is -0.285 e. The highest BCUT2D eigenvalue weighted by Gasteiger charge is 2.14. The first-order valence-electron chi connectivity index (χ1n) is 3.46. The molecular weight excluding hydrogens is 190 g/mol. The van der Waals surface area contributed by atoms with Crippen LogP contribution in [0, 0.1) is 0 Å². The van der Waals surface area contributed by atoms with Gasteiger partial charge in [0.2, 0.25) is 5.78 Å². The van der Waals surface area contributed by atoms with Crippen LogP contribution in [0.15, 0.2) is 12.4 Å². The van der Waals surface area contributed by atoms with Crippen molar-refractivity contribution in [1.82, 2.24) is 23.7 Å². The number of rotatable bonds is 2. The second-order valence-electron chi connectivity index (χ2n) is 2.40. The lowest BCUT2D eigenvalue weighted by Crippen LogP contribution is -2.01. The van der Waals surface area contributed by atoms with Crippen molar-refractivity contribution in [2.45, 2.75) is 0 Å². The fourth-order valence-corrected chi connectivity index (χ4v) is 1.26. The monoisotopic (exact) mass is 195 g/mol. The van der Waals surface area contributed by atoms with Crippen LogP contribution in [0.2, 0.25) is 0 Å².